The summed E-state index contributed by atoms with van der Waals surface area (Å²) in [5.74, 6) is 0.644. The number of halogens is 1. The highest BCUT2D eigenvalue weighted by Gasteiger charge is 2.26. The molecule has 1 fully saturated rings. The summed E-state index contributed by atoms with van der Waals surface area (Å²) >= 11 is 6.05. The Morgan fingerprint density at radius 3 is 3.10 bits per heavy atom. The molecule has 2 aromatic rings. The maximum absolute atomic E-state index is 9.12. The Hall–Kier alpha value is -2.32. The predicted molar refractivity (Wildman–Crippen MR) is 79.4 cm³/mol. The fraction of sp³-hybridized carbons (Fsp3) is 0.267. The van der Waals surface area contributed by atoms with E-state index in [-0.39, 0.29) is 6.10 Å². The molecule has 1 saturated heterocycles. The highest BCUT2D eigenvalue weighted by molar-refractivity contribution is 6.31. The van der Waals surface area contributed by atoms with Gasteiger partial charge in [-0.2, -0.15) is 5.26 Å². The fourth-order valence-electron chi connectivity index (χ4n) is 2.42. The molecule has 0 N–H and O–H groups in total. The van der Waals surface area contributed by atoms with Gasteiger partial charge in [0.05, 0.1) is 12.2 Å². The third kappa shape index (κ3) is 2.91. The summed E-state index contributed by atoms with van der Waals surface area (Å²) in [4.78, 5) is 10.1. The van der Waals surface area contributed by atoms with Gasteiger partial charge in [-0.05, 0) is 12.1 Å². The second-order valence-electron chi connectivity index (χ2n) is 4.76. The third-order valence-electron chi connectivity index (χ3n) is 3.41. The molecular formula is C15H13ClN4O. The van der Waals surface area contributed by atoms with Crippen molar-refractivity contribution in [2.24, 2.45) is 0 Å². The van der Waals surface area contributed by atoms with Crippen molar-refractivity contribution in [2.45, 2.75) is 12.5 Å². The lowest BCUT2D eigenvalue weighted by atomic mass is 10.3. The van der Waals surface area contributed by atoms with Crippen molar-refractivity contribution < 1.29 is 4.74 Å². The zero-order valence-electron chi connectivity index (χ0n) is 11.2. The van der Waals surface area contributed by atoms with Crippen LogP contribution in [0.1, 0.15) is 12.1 Å². The van der Waals surface area contributed by atoms with Crippen LogP contribution in [0.25, 0.3) is 0 Å². The van der Waals surface area contributed by atoms with E-state index in [0.29, 0.717) is 23.0 Å². The Balaban J connectivity index is 1.71. The summed E-state index contributed by atoms with van der Waals surface area (Å²) in [6.45, 7) is 1.53. The molecule has 5 nitrogen and oxygen atoms in total. The van der Waals surface area contributed by atoms with Gasteiger partial charge < -0.3 is 9.64 Å². The van der Waals surface area contributed by atoms with Crippen LogP contribution in [0.4, 0.5) is 5.69 Å². The molecule has 106 valence electrons. The van der Waals surface area contributed by atoms with Crippen LogP contribution in [-0.4, -0.2) is 29.2 Å². The lowest BCUT2D eigenvalue weighted by molar-refractivity contribution is 0.225. The summed E-state index contributed by atoms with van der Waals surface area (Å²) in [6, 6.07) is 7.63. The first kappa shape index (κ1) is 13.7. The molecule has 2 aromatic heterocycles. The summed E-state index contributed by atoms with van der Waals surface area (Å²) < 4.78 is 5.91. The number of hydrogen-bond acceptors (Lipinski definition) is 5. The summed E-state index contributed by atoms with van der Waals surface area (Å²) in [5.41, 5.74) is 1.30. The van der Waals surface area contributed by atoms with Crippen LogP contribution in [-0.2, 0) is 0 Å². The molecule has 1 unspecified atom stereocenters. The van der Waals surface area contributed by atoms with E-state index in [1.807, 2.05) is 12.1 Å². The Kier molecular flexibility index (Phi) is 3.89. The lowest BCUT2D eigenvalue weighted by Gasteiger charge is -2.19. The van der Waals surface area contributed by atoms with Crippen molar-refractivity contribution in [3.8, 4) is 11.8 Å². The minimum Gasteiger partial charge on any atom is -0.487 e. The summed E-state index contributed by atoms with van der Waals surface area (Å²) in [6.07, 6.45) is 5.76. The second-order valence-corrected chi connectivity index (χ2v) is 5.17. The Labute approximate surface area is 127 Å². The largest absolute Gasteiger partial charge is 0.487 e. The van der Waals surface area contributed by atoms with Crippen LogP contribution in [0.2, 0.25) is 5.02 Å². The van der Waals surface area contributed by atoms with Crippen molar-refractivity contribution in [1.29, 1.82) is 5.26 Å². The van der Waals surface area contributed by atoms with Gasteiger partial charge in [0.15, 0.2) is 5.69 Å². The molecule has 6 heteroatoms. The van der Waals surface area contributed by atoms with Crippen LogP contribution in [0, 0.1) is 11.3 Å². The quantitative estimate of drug-likeness (QED) is 0.872. The van der Waals surface area contributed by atoms with Gasteiger partial charge in [-0.1, -0.05) is 11.6 Å². The Bertz CT molecular complexity index is 685. The van der Waals surface area contributed by atoms with Crippen LogP contribution in [0.15, 0.2) is 36.8 Å². The molecule has 3 heterocycles. The van der Waals surface area contributed by atoms with E-state index >= 15 is 0 Å². The molecular weight excluding hydrogens is 288 g/mol. The number of pyridine rings is 2. The van der Waals surface area contributed by atoms with Crippen LogP contribution < -0.4 is 9.64 Å². The predicted octanol–water partition coefficient (Wildman–Crippen LogP) is 2.66. The standard InChI is InChI=1S/C15H13ClN4O/c16-12-9-18-6-3-15(12)21-11-4-7-20(10-11)14-2-1-5-19-13(14)8-17/h1-3,5-6,9,11H,4,7,10H2. The van der Waals surface area contributed by atoms with E-state index in [0.717, 1.165) is 18.7 Å². The van der Waals surface area contributed by atoms with Crippen LogP contribution in [0.3, 0.4) is 0 Å². The highest BCUT2D eigenvalue weighted by Crippen LogP contribution is 2.28. The van der Waals surface area contributed by atoms with E-state index < -0.39 is 0 Å². The third-order valence-corrected chi connectivity index (χ3v) is 3.69. The number of ether oxygens (including phenoxy) is 1. The summed E-state index contributed by atoms with van der Waals surface area (Å²) in [7, 11) is 0. The number of nitriles is 1. The molecule has 21 heavy (non-hydrogen) atoms. The number of rotatable bonds is 3. The molecule has 0 spiro atoms. The monoisotopic (exact) mass is 300 g/mol. The van der Waals surface area contributed by atoms with Crippen LogP contribution in [0.5, 0.6) is 5.75 Å². The SMILES string of the molecule is N#Cc1ncccc1N1CCC(Oc2ccncc2Cl)C1. The first-order chi connectivity index (χ1) is 10.3. The smallest absolute Gasteiger partial charge is 0.163 e. The van der Waals surface area contributed by atoms with Gasteiger partial charge in [0, 0.05) is 37.6 Å². The molecule has 0 aromatic carbocycles. The molecule has 1 atom stereocenters. The molecule has 0 bridgehead atoms. The van der Waals surface area contributed by atoms with E-state index in [4.69, 9.17) is 21.6 Å². The molecule has 0 aliphatic carbocycles. The van der Waals surface area contributed by atoms with Crippen molar-refractivity contribution in [2.75, 3.05) is 18.0 Å². The average molecular weight is 301 g/mol. The Morgan fingerprint density at radius 1 is 1.38 bits per heavy atom. The number of anilines is 1. The zero-order valence-corrected chi connectivity index (χ0v) is 12.0. The first-order valence-electron chi connectivity index (χ1n) is 6.64. The number of hydrogen-bond donors (Lipinski definition) is 0. The van der Waals surface area contributed by atoms with E-state index in [1.165, 1.54) is 0 Å². The van der Waals surface area contributed by atoms with Crippen molar-refractivity contribution in [3.63, 3.8) is 0 Å². The van der Waals surface area contributed by atoms with Gasteiger partial charge in [-0.15, -0.1) is 0 Å². The summed E-state index contributed by atoms with van der Waals surface area (Å²) in [5, 5.41) is 9.63. The van der Waals surface area contributed by atoms with E-state index in [9.17, 15) is 0 Å². The van der Waals surface area contributed by atoms with Gasteiger partial charge in [-0.25, -0.2) is 4.98 Å². The van der Waals surface area contributed by atoms with Crippen molar-refractivity contribution >= 4 is 17.3 Å². The molecule has 0 saturated carbocycles. The van der Waals surface area contributed by atoms with Gasteiger partial charge in [0.1, 0.15) is 22.9 Å². The molecule has 1 aliphatic heterocycles. The molecule has 3 rings (SSSR count). The second kappa shape index (κ2) is 5.98. The normalized spacial score (nSPS) is 17.5. The number of nitrogens with zero attached hydrogens (tertiary/aromatic N) is 4. The van der Waals surface area contributed by atoms with Crippen molar-refractivity contribution in [1.82, 2.24) is 9.97 Å². The highest BCUT2D eigenvalue weighted by atomic mass is 35.5. The fourth-order valence-corrected chi connectivity index (χ4v) is 2.58. The zero-order chi connectivity index (χ0) is 14.7. The maximum atomic E-state index is 9.12. The molecule has 0 radical (unpaired) electrons. The number of aromatic nitrogens is 2. The molecule has 1 aliphatic rings. The van der Waals surface area contributed by atoms with Crippen molar-refractivity contribution in [3.05, 3.63) is 47.5 Å². The lowest BCUT2D eigenvalue weighted by Crippen LogP contribution is -2.25. The van der Waals surface area contributed by atoms with E-state index in [1.54, 1.807) is 24.7 Å². The van der Waals surface area contributed by atoms with Gasteiger partial charge in [0.25, 0.3) is 0 Å². The maximum Gasteiger partial charge on any atom is 0.163 e. The van der Waals surface area contributed by atoms with Gasteiger partial charge in [0.2, 0.25) is 0 Å². The average Bonchev–Trinajstić information content (AvgIpc) is 2.98. The van der Waals surface area contributed by atoms with Gasteiger partial charge >= 0.3 is 0 Å². The minimum absolute atomic E-state index is 0.0386. The van der Waals surface area contributed by atoms with Crippen LogP contribution >= 0.6 is 11.6 Å². The minimum atomic E-state index is 0.0386. The topological polar surface area (TPSA) is 62.0 Å². The first-order valence-corrected chi connectivity index (χ1v) is 7.02. The Morgan fingerprint density at radius 2 is 2.29 bits per heavy atom. The van der Waals surface area contributed by atoms with E-state index in [2.05, 4.69) is 20.9 Å². The molecule has 0 amide bonds. The van der Waals surface area contributed by atoms with Gasteiger partial charge in [-0.3, -0.25) is 4.98 Å².